The van der Waals surface area contributed by atoms with E-state index in [2.05, 4.69) is 9.71 Å². The number of benzene rings is 2. The SMILES string of the molecule is CNS(=O)(=O)c1ccc(Oc2ccc(C(F)(F)F)cc2)c(-c2cn3ccc(C)cc3n2)c1. The second-order valence-corrected chi connectivity index (χ2v) is 8.97. The van der Waals surface area contributed by atoms with Crippen molar-refractivity contribution < 1.29 is 26.3 Å². The number of hydrogen-bond acceptors (Lipinski definition) is 4. The third-order valence-electron chi connectivity index (χ3n) is 4.83. The zero-order chi connectivity index (χ0) is 23.1. The number of rotatable bonds is 5. The lowest BCUT2D eigenvalue weighted by atomic mass is 10.1. The van der Waals surface area contributed by atoms with Gasteiger partial charge in [-0.15, -0.1) is 0 Å². The summed E-state index contributed by atoms with van der Waals surface area (Å²) in [7, 11) is -2.44. The number of aromatic nitrogens is 2. The lowest BCUT2D eigenvalue weighted by Crippen LogP contribution is -2.18. The maximum Gasteiger partial charge on any atom is 0.416 e. The molecule has 0 aliphatic heterocycles. The van der Waals surface area contributed by atoms with Crippen LogP contribution in [0.3, 0.4) is 0 Å². The molecule has 0 aliphatic rings. The number of alkyl halides is 3. The largest absolute Gasteiger partial charge is 0.457 e. The van der Waals surface area contributed by atoms with E-state index in [4.69, 9.17) is 4.74 Å². The van der Waals surface area contributed by atoms with Crippen molar-refractivity contribution >= 4 is 15.7 Å². The molecule has 0 fully saturated rings. The number of nitrogens with zero attached hydrogens (tertiary/aromatic N) is 2. The molecule has 0 unspecified atom stereocenters. The summed E-state index contributed by atoms with van der Waals surface area (Å²) < 4.78 is 73.0. The molecule has 0 saturated heterocycles. The Hall–Kier alpha value is -3.37. The van der Waals surface area contributed by atoms with Crippen LogP contribution in [0.4, 0.5) is 13.2 Å². The summed E-state index contributed by atoms with van der Waals surface area (Å²) in [5.41, 5.74) is 1.69. The van der Waals surface area contributed by atoms with Gasteiger partial charge >= 0.3 is 6.18 Å². The first-order valence-electron chi connectivity index (χ1n) is 9.45. The van der Waals surface area contributed by atoms with Gasteiger partial charge in [0.25, 0.3) is 0 Å². The number of ether oxygens (including phenoxy) is 1. The van der Waals surface area contributed by atoms with Gasteiger partial charge in [-0.1, -0.05) is 0 Å². The number of halogens is 3. The quantitative estimate of drug-likeness (QED) is 0.453. The zero-order valence-electron chi connectivity index (χ0n) is 17.0. The highest BCUT2D eigenvalue weighted by atomic mass is 32.2. The molecule has 4 rings (SSSR count). The van der Waals surface area contributed by atoms with Crippen molar-refractivity contribution in [2.45, 2.75) is 18.0 Å². The zero-order valence-corrected chi connectivity index (χ0v) is 17.8. The topological polar surface area (TPSA) is 72.7 Å². The van der Waals surface area contributed by atoms with Crippen LogP contribution in [0.25, 0.3) is 16.9 Å². The van der Waals surface area contributed by atoms with Gasteiger partial charge in [-0.2, -0.15) is 13.2 Å². The molecule has 32 heavy (non-hydrogen) atoms. The van der Waals surface area contributed by atoms with Crippen LogP contribution in [0.5, 0.6) is 11.5 Å². The van der Waals surface area contributed by atoms with E-state index >= 15 is 0 Å². The van der Waals surface area contributed by atoms with Crippen LogP contribution in [-0.4, -0.2) is 24.9 Å². The second kappa shape index (κ2) is 7.95. The summed E-state index contributed by atoms with van der Waals surface area (Å²) in [6.45, 7) is 1.92. The van der Waals surface area contributed by atoms with Crippen molar-refractivity contribution in [1.29, 1.82) is 0 Å². The van der Waals surface area contributed by atoms with Crippen LogP contribution in [0.2, 0.25) is 0 Å². The predicted octanol–water partition coefficient (Wildman–Crippen LogP) is 5.03. The van der Waals surface area contributed by atoms with Crippen LogP contribution in [0.1, 0.15) is 11.1 Å². The van der Waals surface area contributed by atoms with E-state index in [-0.39, 0.29) is 16.4 Å². The molecule has 0 spiro atoms. The molecule has 2 aromatic carbocycles. The van der Waals surface area contributed by atoms with E-state index in [1.165, 1.54) is 37.4 Å². The van der Waals surface area contributed by atoms with Crippen molar-refractivity contribution in [3.8, 4) is 22.8 Å². The Morgan fingerprint density at radius 3 is 2.41 bits per heavy atom. The summed E-state index contributed by atoms with van der Waals surface area (Å²) in [5, 5.41) is 0. The van der Waals surface area contributed by atoms with E-state index in [0.29, 0.717) is 16.9 Å². The van der Waals surface area contributed by atoms with Crippen LogP contribution in [-0.2, 0) is 16.2 Å². The predicted molar refractivity (Wildman–Crippen MR) is 113 cm³/mol. The van der Waals surface area contributed by atoms with Gasteiger partial charge in [0.15, 0.2) is 0 Å². The van der Waals surface area contributed by atoms with Crippen molar-refractivity contribution in [1.82, 2.24) is 14.1 Å². The number of fused-ring (bicyclic) bond motifs is 1. The monoisotopic (exact) mass is 461 g/mol. The maximum atomic E-state index is 12.8. The minimum atomic E-state index is -4.46. The molecule has 4 aromatic rings. The highest BCUT2D eigenvalue weighted by Crippen LogP contribution is 2.36. The fourth-order valence-corrected chi connectivity index (χ4v) is 3.89. The van der Waals surface area contributed by atoms with Gasteiger partial charge < -0.3 is 9.14 Å². The van der Waals surface area contributed by atoms with E-state index in [9.17, 15) is 21.6 Å². The van der Waals surface area contributed by atoms with Crippen LogP contribution < -0.4 is 9.46 Å². The van der Waals surface area contributed by atoms with Gasteiger partial charge in [-0.3, -0.25) is 0 Å². The number of imidazole rings is 1. The second-order valence-electron chi connectivity index (χ2n) is 7.09. The third kappa shape index (κ3) is 4.32. The molecule has 1 N–H and O–H groups in total. The maximum absolute atomic E-state index is 12.8. The minimum absolute atomic E-state index is 0.00278. The first-order chi connectivity index (χ1) is 15.1. The normalized spacial score (nSPS) is 12.3. The molecule has 0 bridgehead atoms. The summed E-state index contributed by atoms with van der Waals surface area (Å²) in [6, 6.07) is 12.2. The van der Waals surface area contributed by atoms with Gasteiger partial charge in [0.1, 0.15) is 17.1 Å². The van der Waals surface area contributed by atoms with Crippen molar-refractivity contribution in [2.24, 2.45) is 0 Å². The van der Waals surface area contributed by atoms with Gasteiger partial charge in [-0.05, 0) is 74.1 Å². The van der Waals surface area contributed by atoms with Crippen molar-refractivity contribution in [3.63, 3.8) is 0 Å². The van der Waals surface area contributed by atoms with Gasteiger partial charge in [-0.25, -0.2) is 18.1 Å². The highest BCUT2D eigenvalue weighted by Gasteiger charge is 2.30. The van der Waals surface area contributed by atoms with Crippen LogP contribution in [0, 0.1) is 6.92 Å². The fraction of sp³-hybridized carbons (Fsp3) is 0.136. The Bertz CT molecular complexity index is 1400. The molecule has 2 heterocycles. The molecule has 0 saturated carbocycles. The average molecular weight is 461 g/mol. The number of nitrogens with one attached hydrogen (secondary N) is 1. The third-order valence-corrected chi connectivity index (χ3v) is 6.24. The number of aryl methyl sites for hydroxylation is 1. The first kappa shape index (κ1) is 21.8. The smallest absolute Gasteiger partial charge is 0.416 e. The van der Waals surface area contributed by atoms with E-state index in [1.54, 1.807) is 10.6 Å². The van der Waals surface area contributed by atoms with Gasteiger partial charge in [0.2, 0.25) is 10.0 Å². The number of hydrogen-bond donors (Lipinski definition) is 1. The number of pyridine rings is 1. The summed E-state index contributed by atoms with van der Waals surface area (Å²) >= 11 is 0. The molecule has 166 valence electrons. The van der Waals surface area contributed by atoms with Crippen LogP contribution in [0.15, 0.2) is 71.9 Å². The lowest BCUT2D eigenvalue weighted by Gasteiger charge is -2.13. The molecular formula is C22H18F3N3O3S. The Morgan fingerprint density at radius 2 is 1.75 bits per heavy atom. The molecule has 10 heteroatoms. The fourth-order valence-electron chi connectivity index (χ4n) is 3.14. The summed E-state index contributed by atoms with van der Waals surface area (Å²) in [6.07, 6.45) is -0.910. The summed E-state index contributed by atoms with van der Waals surface area (Å²) in [5.74, 6) is 0.419. The first-order valence-corrected chi connectivity index (χ1v) is 10.9. The molecule has 6 nitrogen and oxygen atoms in total. The number of sulfonamides is 1. The Kier molecular flexibility index (Phi) is 5.43. The minimum Gasteiger partial charge on any atom is -0.457 e. The standard InChI is InChI=1S/C22H18F3N3O3S/c1-14-9-10-28-13-19(27-21(28)11-14)18-12-17(32(29,30)26-2)7-8-20(18)31-16-5-3-15(4-6-16)22(23,24)25/h3-13,26H,1-2H3. The van der Waals surface area contributed by atoms with E-state index in [0.717, 1.165) is 17.7 Å². The van der Waals surface area contributed by atoms with Crippen molar-refractivity contribution in [2.75, 3.05) is 7.05 Å². The van der Waals surface area contributed by atoms with Crippen LogP contribution >= 0.6 is 0 Å². The molecule has 0 aliphatic carbocycles. The lowest BCUT2D eigenvalue weighted by molar-refractivity contribution is -0.137. The highest BCUT2D eigenvalue weighted by molar-refractivity contribution is 7.89. The Morgan fingerprint density at radius 1 is 1.03 bits per heavy atom. The van der Waals surface area contributed by atoms with E-state index in [1.807, 2.05) is 25.3 Å². The van der Waals surface area contributed by atoms with Gasteiger partial charge in [0.05, 0.1) is 16.2 Å². The molecule has 2 aromatic heterocycles. The molecule has 0 amide bonds. The Balaban J connectivity index is 1.81. The molecular weight excluding hydrogens is 443 g/mol. The Labute approximate surface area is 182 Å². The summed E-state index contributed by atoms with van der Waals surface area (Å²) in [4.78, 5) is 4.56. The van der Waals surface area contributed by atoms with E-state index < -0.39 is 21.8 Å². The average Bonchev–Trinajstić information content (AvgIpc) is 3.16. The molecule has 0 atom stereocenters. The van der Waals surface area contributed by atoms with Gasteiger partial charge in [0, 0.05) is 18.0 Å². The van der Waals surface area contributed by atoms with Crippen molar-refractivity contribution in [3.05, 3.63) is 78.1 Å². The molecule has 0 radical (unpaired) electrons.